The molecule has 0 radical (unpaired) electrons. The molecule has 1 aromatic heterocycles. The first kappa shape index (κ1) is 13.9. The Morgan fingerprint density at radius 3 is 2.65 bits per heavy atom. The number of hydrogen-bond donors (Lipinski definition) is 0. The van der Waals surface area contributed by atoms with Crippen LogP contribution in [0.15, 0.2) is 18.2 Å². The molecule has 20 heavy (non-hydrogen) atoms. The Morgan fingerprint density at radius 2 is 2.10 bits per heavy atom. The smallest absolute Gasteiger partial charge is 0.124 e. The fourth-order valence-corrected chi connectivity index (χ4v) is 3.52. The summed E-state index contributed by atoms with van der Waals surface area (Å²) >= 11 is 6.13. The molecule has 108 valence electrons. The second kappa shape index (κ2) is 5.05. The van der Waals surface area contributed by atoms with Crippen molar-refractivity contribution in [3.8, 4) is 0 Å². The minimum Gasteiger partial charge on any atom is -0.325 e. The highest BCUT2D eigenvalue weighted by molar-refractivity contribution is 6.16. The predicted octanol–water partition coefficient (Wildman–Crippen LogP) is 3.57. The first-order valence-corrected chi connectivity index (χ1v) is 7.79. The van der Waals surface area contributed by atoms with E-state index < -0.39 is 0 Å². The van der Waals surface area contributed by atoms with E-state index >= 15 is 0 Å². The lowest BCUT2D eigenvalue weighted by molar-refractivity contribution is 0.0429. The van der Waals surface area contributed by atoms with E-state index in [1.165, 1.54) is 30.3 Å². The van der Waals surface area contributed by atoms with Crippen molar-refractivity contribution >= 4 is 22.6 Å². The fraction of sp³-hybridized carbons (Fsp3) is 0.562. The lowest BCUT2D eigenvalue weighted by atomic mass is 9.75. The number of benzene rings is 1. The van der Waals surface area contributed by atoms with Gasteiger partial charge < -0.3 is 9.47 Å². The summed E-state index contributed by atoms with van der Waals surface area (Å²) in [4.78, 5) is 7.08. The number of para-hydroxylation sites is 1. The van der Waals surface area contributed by atoms with Gasteiger partial charge in [-0.05, 0) is 51.9 Å². The van der Waals surface area contributed by atoms with Crippen LogP contribution in [0.2, 0.25) is 0 Å². The summed E-state index contributed by atoms with van der Waals surface area (Å²) in [5.74, 6) is 1.46. The Hall–Kier alpha value is -1.06. The van der Waals surface area contributed by atoms with E-state index in [-0.39, 0.29) is 5.54 Å². The molecular formula is C16H22ClN3. The van der Waals surface area contributed by atoms with Crippen molar-refractivity contribution in [1.82, 2.24) is 14.5 Å². The number of aryl methyl sites for hydroxylation is 1. The van der Waals surface area contributed by atoms with Crippen molar-refractivity contribution < 1.29 is 0 Å². The number of nitrogens with zero attached hydrogens (tertiary/aromatic N) is 3. The van der Waals surface area contributed by atoms with Gasteiger partial charge in [0.25, 0.3) is 0 Å². The van der Waals surface area contributed by atoms with Crippen LogP contribution in [0.25, 0.3) is 11.0 Å². The third-order valence-electron chi connectivity index (χ3n) is 4.85. The van der Waals surface area contributed by atoms with Gasteiger partial charge in [-0.25, -0.2) is 4.98 Å². The van der Waals surface area contributed by atoms with Crippen LogP contribution in [-0.4, -0.2) is 34.1 Å². The molecule has 0 aliphatic heterocycles. The number of aromatic nitrogens is 2. The minimum absolute atomic E-state index is 0.275. The number of hydrogen-bond acceptors (Lipinski definition) is 2. The maximum Gasteiger partial charge on any atom is 0.124 e. The van der Waals surface area contributed by atoms with Gasteiger partial charge in [-0.3, -0.25) is 0 Å². The molecule has 0 N–H and O–H groups in total. The quantitative estimate of drug-likeness (QED) is 0.803. The summed E-state index contributed by atoms with van der Waals surface area (Å²) in [6, 6.07) is 6.30. The van der Waals surface area contributed by atoms with Crippen molar-refractivity contribution in [3.05, 3.63) is 29.6 Å². The van der Waals surface area contributed by atoms with E-state index in [1.54, 1.807) is 0 Å². The molecule has 0 spiro atoms. The van der Waals surface area contributed by atoms with Crippen LogP contribution in [0, 0.1) is 6.92 Å². The third kappa shape index (κ3) is 2.04. The zero-order chi connectivity index (χ0) is 14.3. The van der Waals surface area contributed by atoms with Crippen LogP contribution in [0.4, 0.5) is 0 Å². The van der Waals surface area contributed by atoms with Crippen LogP contribution in [0.1, 0.15) is 30.7 Å². The van der Waals surface area contributed by atoms with Gasteiger partial charge in [0.1, 0.15) is 5.82 Å². The molecule has 1 heterocycles. The monoisotopic (exact) mass is 291 g/mol. The fourth-order valence-electron chi connectivity index (χ4n) is 3.31. The highest BCUT2D eigenvalue weighted by atomic mass is 35.5. The number of alkyl halides is 1. The van der Waals surface area contributed by atoms with E-state index in [0.717, 1.165) is 17.9 Å². The Morgan fingerprint density at radius 1 is 1.35 bits per heavy atom. The van der Waals surface area contributed by atoms with Crippen LogP contribution in [-0.2, 0) is 12.4 Å². The van der Waals surface area contributed by atoms with Crippen LogP contribution >= 0.6 is 11.6 Å². The highest BCUT2D eigenvalue weighted by Gasteiger charge is 2.40. The molecule has 1 saturated carbocycles. The molecule has 4 heteroatoms. The van der Waals surface area contributed by atoms with E-state index in [0.29, 0.717) is 5.88 Å². The normalized spacial score (nSPS) is 17.6. The number of rotatable bonds is 4. The van der Waals surface area contributed by atoms with Gasteiger partial charge in [0, 0.05) is 12.1 Å². The lowest BCUT2D eigenvalue weighted by Crippen LogP contribution is -2.53. The second-order valence-electron chi connectivity index (χ2n) is 6.16. The van der Waals surface area contributed by atoms with Crippen LogP contribution < -0.4 is 0 Å². The molecule has 1 aliphatic rings. The Kier molecular flexibility index (Phi) is 3.51. The van der Waals surface area contributed by atoms with E-state index in [4.69, 9.17) is 16.6 Å². The average molecular weight is 292 g/mol. The van der Waals surface area contributed by atoms with Gasteiger partial charge in [-0.2, -0.15) is 0 Å². The molecule has 0 bridgehead atoms. The number of imidazole rings is 1. The summed E-state index contributed by atoms with van der Waals surface area (Å²) in [6.07, 6.45) is 3.83. The zero-order valence-corrected chi connectivity index (χ0v) is 13.2. The predicted molar refractivity (Wildman–Crippen MR) is 84.3 cm³/mol. The van der Waals surface area contributed by atoms with Crippen molar-refractivity contribution in [2.45, 2.75) is 44.1 Å². The van der Waals surface area contributed by atoms with Gasteiger partial charge >= 0.3 is 0 Å². The first-order valence-electron chi connectivity index (χ1n) is 7.25. The molecule has 0 atom stereocenters. The van der Waals surface area contributed by atoms with Crippen molar-refractivity contribution in [1.29, 1.82) is 0 Å². The van der Waals surface area contributed by atoms with Gasteiger partial charge in [0.05, 0.1) is 16.9 Å². The van der Waals surface area contributed by atoms with Crippen molar-refractivity contribution in [3.63, 3.8) is 0 Å². The maximum absolute atomic E-state index is 6.13. The molecule has 3 rings (SSSR count). The zero-order valence-electron chi connectivity index (χ0n) is 12.5. The summed E-state index contributed by atoms with van der Waals surface area (Å²) in [5, 5.41) is 0. The molecule has 1 aromatic carbocycles. The Bertz CT molecular complexity index is 626. The summed E-state index contributed by atoms with van der Waals surface area (Å²) in [5.41, 5.74) is 3.86. The topological polar surface area (TPSA) is 21.1 Å². The number of halogens is 1. The standard InChI is InChI=1S/C16H22ClN3/c1-12-6-4-7-13-15(12)20(14(10-17)18-13)11-16(19(2)3)8-5-9-16/h4,6-7H,5,8-11H2,1-3H3. The molecule has 1 fully saturated rings. The Labute approximate surface area is 125 Å². The summed E-state index contributed by atoms with van der Waals surface area (Å²) in [7, 11) is 4.37. The Balaban J connectivity index is 2.10. The average Bonchev–Trinajstić information content (AvgIpc) is 2.72. The first-order chi connectivity index (χ1) is 9.57. The van der Waals surface area contributed by atoms with Crippen molar-refractivity contribution in [2.75, 3.05) is 14.1 Å². The maximum atomic E-state index is 6.13. The number of fused-ring (bicyclic) bond motifs is 1. The third-order valence-corrected chi connectivity index (χ3v) is 5.09. The molecule has 3 nitrogen and oxygen atoms in total. The molecule has 0 unspecified atom stereocenters. The van der Waals surface area contributed by atoms with Gasteiger partial charge in [0.15, 0.2) is 0 Å². The van der Waals surface area contributed by atoms with Crippen LogP contribution in [0.5, 0.6) is 0 Å². The van der Waals surface area contributed by atoms with E-state index in [1.807, 2.05) is 0 Å². The molecule has 1 aliphatic carbocycles. The van der Waals surface area contributed by atoms with Crippen molar-refractivity contribution in [2.24, 2.45) is 0 Å². The van der Waals surface area contributed by atoms with Gasteiger partial charge in [-0.15, -0.1) is 11.6 Å². The van der Waals surface area contributed by atoms with Gasteiger partial charge in [-0.1, -0.05) is 12.1 Å². The molecule has 0 amide bonds. The molecule has 0 saturated heterocycles. The van der Waals surface area contributed by atoms with Crippen LogP contribution in [0.3, 0.4) is 0 Å². The largest absolute Gasteiger partial charge is 0.325 e. The van der Waals surface area contributed by atoms with E-state index in [2.05, 4.69) is 48.7 Å². The second-order valence-corrected chi connectivity index (χ2v) is 6.43. The minimum atomic E-state index is 0.275. The van der Waals surface area contributed by atoms with E-state index in [9.17, 15) is 0 Å². The SMILES string of the molecule is Cc1cccc2nc(CCl)n(CC3(N(C)C)CCC3)c12. The lowest BCUT2D eigenvalue weighted by Gasteiger charge is -2.47. The van der Waals surface area contributed by atoms with Gasteiger partial charge in [0.2, 0.25) is 0 Å². The summed E-state index contributed by atoms with van der Waals surface area (Å²) < 4.78 is 2.34. The summed E-state index contributed by atoms with van der Waals surface area (Å²) in [6.45, 7) is 3.14. The molecular weight excluding hydrogens is 270 g/mol. The molecule has 2 aromatic rings. The number of likely N-dealkylation sites (N-methyl/N-ethyl adjacent to an activating group) is 1. The highest BCUT2D eigenvalue weighted by Crippen LogP contribution is 2.39.